The highest BCUT2D eigenvalue weighted by Gasteiger charge is 2.49. The molecule has 0 aromatic heterocycles. The van der Waals surface area contributed by atoms with Crippen LogP contribution in [0.1, 0.15) is 16.8 Å². The number of hydrogen-bond acceptors (Lipinski definition) is 6. The van der Waals surface area contributed by atoms with Crippen molar-refractivity contribution in [1.29, 1.82) is 0 Å². The first kappa shape index (κ1) is 20.6. The van der Waals surface area contributed by atoms with Crippen molar-refractivity contribution in [3.63, 3.8) is 0 Å². The number of carboxylic acids is 1. The summed E-state index contributed by atoms with van der Waals surface area (Å²) in [6.07, 6.45) is -10.3. The third kappa shape index (κ3) is 5.17. The van der Waals surface area contributed by atoms with E-state index >= 15 is 0 Å². The molecule has 27 heavy (non-hydrogen) atoms. The van der Waals surface area contributed by atoms with Gasteiger partial charge in [0, 0.05) is 13.5 Å². The molecule has 1 aliphatic rings. The van der Waals surface area contributed by atoms with Crippen LogP contribution in [0.15, 0.2) is 30.3 Å². The van der Waals surface area contributed by atoms with Crippen molar-refractivity contribution in [2.75, 3.05) is 7.11 Å². The first-order valence-corrected chi connectivity index (χ1v) is 7.68. The zero-order valence-electron chi connectivity index (χ0n) is 13.9. The summed E-state index contributed by atoms with van der Waals surface area (Å²) in [4.78, 5) is 35.0. The minimum Gasteiger partial charge on any atom is -0.479 e. The van der Waals surface area contributed by atoms with Crippen molar-refractivity contribution in [2.45, 2.75) is 37.1 Å². The van der Waals surface area contributed by atoms with Crippen molar-refractivity contribution < 1.29 is 46.9 Å². The minimum absolute atomic E-state index is 0.0522. The van der Waals surface area contributed by atoms with Gasteiger partial charge in [-0.2, -0.15) is 13.2 Å². The molecule has 1 saturated heterocycles. The molecule has 4 atom stereocenters. The molecule has 1 aromatic carbocycles. The highest BCUT2D eigenvalue weighted by Crippen LogP contribution is 2.26. The third-order valence-electron chi connectivity index (χ3n) is 3.77. The second-order valence-corrected chi connectivity index (χ2v) is 5.61. The van der Waals surface area contributed by atoms with Gasteiger partial charge in [0.05, 0.1) is 11.6 Å². The number of esters is 1. The molecule has 8 nitrogen and oxygen atoms in total. The average molecular weight is 391 g/mol. The molecule has 11 heteroatoms. The molecule has 1 fully saturated rings. The molecular weight excluding hydrogens is 375 g/mol. The van der Waals surface area contributed by atoms with E-state index in [-0.39, 0.29) is 12.0 Å². The number of ether oxygens (including phenoxy) is 3. The maximum absolute atomic E-state index is 12.6. The van der Waals surface area contributed by atoms with Crippen LogP contribution in [-0.2, 0) is 23.8 Å². The molecule has 0 unspecified atom stereocenters. The lowest BCUT2D eigenvalue weighted by Crippen LogP contribution is -2.61. The van der Waals surface area contributed by atoms with Crippen molar-refractivity contribution in [3.8, 4) is 0 Å². The molecule has 1 aliphatic heterocycles. The van der Waals surface area contributed by atoms with E-state index in [0.29, 0.717) is 0 Å². The van der Waals surface area contributed by atoms with Gasteiger partial charge in [-0.15, -0.1) is 0 Å². The molecule has 1 heterocycles. The van der Waals surface area contributed by atoms with Gasteiger partial charge in [0.15, 0.2) is 18.5 Å². The summed E-state index contributed by atoms with van der Waals surface area (Å²) in [5.41, 5.74) is 0.0522. The standard InChI is InChI=1S/C16H16F3NO7/c1-25-10-7-9(20-15(24)16(17,18)19)11(12(26-10)13(21)22)27-14(23)8-5-3-2-4-6-8/h2-6,9-12H,7H2,1H3,(H,20,24)(H,21,22)/t9-,10-,11-,12-/m0/s1. The number of rotatable bonds is 5. The fraction of sp³-hybridized carbons (Fsp3) is 0.438. The second-order valence-electron chi connectivity index (χ2n) is 5.61. The molecular formula is C16H16F3NO7. The molecule has 0 aliphatic carbocycles. The molecule has 0 saturated carbocycles. The number of carboxylic acid groups (broad SMARTS) is 1. The summed E-state index contributed by atoms with van der Waals surface area (Å²) in [7, 11) is 1.16. The predicted molar refractivity (Wildman–Crippen MR) is 81.6 cm³/mol. The summed E-state index contributed by atoms with van der Waals surface area (Å²) in [6, 6.07) is 5.92. The Labute approximate surface area is 151 Å². The first-order chi connectivity index (χ1) is 12.6. The van der Waals surface area contributed by atoms with Gasteiger partial charge in [0.1, 0.15) is 0 Å². The topological polar surface area (TPSA) is 111 Å². The van der Waals surface area contributed by atoms with Crippen LogP contribution >= 0.6 is 0 Å². The van der Waals surface area contributed by atoms with Crippen molar-refractivity contribution in [2.24, 2.45) is 0 Å². The van der Waals surface area contributed by atoms with Gasteiger partial charge in [-0.25, -0.2) is 9.59 Å². The lowest BCUT2D eigenvalue weighted by molar-refractivity contribution is -0.228. The molecule has 2 rings (SSSR count). The summed E-state index contributed by atoms with van der Waals surface area (Å²) in [5, 5.41) is 11.0. The smallest absolute Gasteiger partial charge is 0.471 e. The van der Waals surface area contributed by atoms with Gasteiger partial charge in [-0.3, -0.25) is 4.79 Å². The number of hydrogen-bond donors (Lipinski definition) is 2. The second kappa shape index (κ2) is 8.35. The number of aliphatic carboxylic acids is 1. The molecule has 0 bridgehead atoms. The Balaban J connectivity index is 2.28. The zero-order chi connectivity index (χ0) is 20.2. The quantitative estimate of drug-likeness (QED) is 0.723. The zero-order valence-corrected chi connectivity index (χ0v) is 13.9. The van der Waals surface area contributed by atoms with Gasteiger partial charge < -0.3 is 24.6 Å². The van der Waals surface area contributed by atoms with E-state index in [1.54, 1.807) is 11.4 Å². The highest BCUT2D eigenvalue weighted by atomic mass is 19.4. The van der Waals surface area contributed by atoms with Crippen molar-refractivity contribution in [3.05, 3.63) is 35.9 Å². The number of carbonyl (C=O) groups is 3. The SMILES string of the molecule is CO[C@@H]1C[C@H](NC(=O)C(F)(F)F)[C@H](OC(=O)c2ccccc2)[C@@H](C(=O)O)O1. The Kier molecular flexibility index (Phi) is 6.39. The molecule has 0 radical (unpaired) electrons. The number of benzene rings is 1. The Morgan fingerprint density at radius 2 is 1.85 bits per heavy atom. The fourth-order valence-electron chi connectivity index (χ4n) is 2.50. The lowest BCUT2D eigenvalue weighted by atomic mass is 9.97. The van der Waals surface area contributed by atoms with E-state index in [1.807, 2.05) is 0 Å². The largest absolute Gasteiger partial charge is 0.479 e. The summed E-state index contributed by atoms with van der Waals surface area (Å²) in [6.45, 7) is 0. The fourth-order valence-corrected chi connectivity index (χ4v) is 2.50. The monoisotopic (exact) mass is 391 g/mol. The van der Waals surface area contributed by atoms with Gasteiger partial charge >= 0.3 is 24.0 Å². The Bertz CT molecular complexity index is 695. The average Bonchev–Trinajstić information content (AvgIpc) is 2.62. The number of nitrogens with one attached hydrogen (secondary N) is 1. The maximum Gasteiger partial charge on any atom is 0.471 e. The number of amides is 1. The van der Waals surface area contributed by atoms with Crippen molar-refractivity contribution >= 4 is 17.8 Å². The van der Waals surface area contributed by atoms with E-state index in [9.17, 15) is 32.7 Å². The maximum atomic E-state index is 12.6. The van der Waals surface area contributed by atoms with Crippen LogP contribution in [0, 0.1) is 0 Å². The molecule has 0 spiro atoms. The van der Waals surface area contributed by atoms with E-state index < -0.39 is 48.6 Å². The van der Waals surface area contributed by atoms with Crippen molar-refractivity contribution in [1.82, 2.24) is 5.32 Å². The number of methoxy groups -OCH3 is 1. The lowest BCUT2D eigenvalue weighted by Gasteiger charge is -2.39. The Hall–Kier alpha value is -2.66. The number of halogens is 3. The molecule has 1 amide bonds. The van der Waals surface area contributed by atoms with Crippen LogP contribution in [0.4, 0.5) is 13.2 Å². The van der Waals surface area contributed by atoms with Crippen LogP contribution < -0.4 is 5.32 Å². The Morgan fingerprint density at radius 1 is 1.22 bits per heavy atom. The van der Waals surface area contributed by atoms with Gasteiger partial charge in [-0.1, -0.05) is 18.2 Å². The summed E-state index contributed by atoms with van der Waals surface area (Å²) < 4.78 is 52.8. The first-order valence-electron chi connectivity index (χ1n) is 7.68. The summed E-state index contributed by atoms with van der Waals surface area (Å²) >= 11 is 0. The van der Waals surface area contributed by atoms with Crippen LogP contribution in [0.25, 0.3) is 0 Å². The van der Waals surface area contributed by atoms with E-state index in [1.165, 1.54) is 24.3 Å². The highest BCUT2D eigenvalue weighted by molar-refractivity contribution is 5.90. The number of alkyl halides is 3. The van der Waals surface area contributed by atoms with E-state index in [0.717, 1.165) is 7.11 Å². The Morgan fingerprint density at radius 3 is 2.37 bits per heavy atom. The third-order valence-corrected chi connectivity index (χ3v) is 3.77. The predicted octanol–water partition coefficient (Wildman–Crippen LogP) is 1.11. The van der Waals surface area contributed by atoms with Gasteiger partial charge in [0.2, 0.25) is 0 Å². The molecule has 2 N–H and O–H groups in total. The van der Waals surface area contributed by atoms with E-state index in [4.69, 9.17) is 14.2 Å². The van der Waals surface area contributed by atoms with Gasteiger partial charge in [-0.05, 0) is 12.1 Å². The number of carbonyl (C=O) groups excluding carboxylic acids is 2. The normalized spacial score (nSPS) is 25.5. The summed E-state index contributed by atoms with van der Waals surface area (Å²) in [5.74, 6) is -4.86. The van der Waals surface area contributed by atoms with Crippen LogP contribution in [0.3, 0.4) is 0 Å². The van der Waals surface area contributed by atoms with E-state index in [2.05, 4.69) is 0 Å². The molecule has 1 aromatic rings. The minimum atomic E-state index is -5.20. The molecule has 148 valence electrons. The van der Waals surface area contributed by atoms with Gasteiger partial charge in [0.25, 0.3) is 0 Å². The van der Waals surface area contributed by atoms with Crippen LogP contribution in [-0.4, -0.2) is 60.8 Å². The van der Waals surface area contributed by atoms with Crippen LogP contribution in [0.2, 0.25) is 0 Å². The van der Waals surface area contributed by atoms with Crippen LogP contribution in [0.5, 0.6) is 0 Å².